The summed E-state index contributed by atoms with van der Waals surface area (Å²) in [5.41, 5.74) is 1.40. The van der Waals surface area contributed by atoms with Crippen molar-refractivity contribution in [1.82, 2.24) is 25.0 Å². The number of nitrogens with zero attached hydrogens (tertiary/aromatic N) is 4. The Balaban J connectivity index is 1.39. The van der Waals surface area contributed by atoms with Gasteiger partial charge in [0.25, 0.3) is 0 Å². The number of hydrogen-bond donors (Lipinski definition) is 1. The summed E-state index contributed by atoms with van der Waals surface area (Å²) in [4.78, 5) is 9.77. The van der Waals surface area contributed by atoms with E-state index < -0.39 is 0 Å². The van der Waals surface area contributed by atoms with E-state index in [1.165, 1.54) is 18.4 Å². The highest BCUT2D eigenvalue weighted by Crippen LogP contribution is 2.36. The second kappa shape index (κ2) is 7.86. The minimum absolute atomic E-state index is 0.274. The van der Waals surface area contributed by atoms with Crippen molar-refractivity contribution >= 4 is 0 Å². The van der Waals surface area contributed by atoms with Crippen molar-refractivity contribution in [2.45, 2.75) is 50.9 Å². The van der Waals surface area contributed by atoms with Crippen LogP contribution in [0.15, 0.2) is 30.3 Å². The molecular weight excluding hydrogens is 326 g/mol. The Labute approximate surface area is 155 Å². The number of piperidine rings is 1. The molecule has 26 heavy (non-hydrogen) atoms. The van der Waals surface area contributed by atoms with Gasteiger partial charge in [0.05, 0.1) is 12.1 Å². The van der Waals surface area contributed by atoms with Crippen LogP contribution in [0.2, 0.25) is 0 Å². The number of methoxy groups -OCH3 is 1. The highest BCUT2D eigenvalue weighted by Gasteiger charge is 2.40. The van der Waals surface area contributed by atoms with E-state index in [9.17, 15) is 0 Å². The van der Waals surface area contributed by atoms with Gasteiger partial charge in [-0.3, -0.25) is 14.9 Å². The molecule has 4 rings (SSSR count). The number of aromatic nitrogens is 3. The lowest BCUT2D eigenvalue weighted by atomic mass is 10.0. The van der Waals surface area contributed by atoms with Crippen LogP contribution in [0, 0.1) is 6.92 Å². The van der Waals surface area contributed by atoms with E-state index in [2.05, 4.69) is 55.3 Å². The lowest BCUT2D eigenvalue weighted by Gasteiger charge is -2.38. The topological polar surface area (TPSA) is 57.3 Å². The van der Waals surface area contributed by atoms with Crippen molar-refractivity contribution in [3.8, 4) is 0 Å². The molecule has 2 aliphatic heterocycles. The van der Waals surface area contributed by atoms with Crippen LogP contribution in [0.4, 0.5) is 0 Å². The minimum atomic E-state index is 0.274. The molecule has 2 saturated heterocycles. The Morgan fingerprint density at radius 2 is 1.96 bits per heavy atom. The zero-order valence-corrected chi connectivity index (χ0v) is 15.8. The maximum atomic E-state index is 5.67. The summed E-state index contributed by atoms with van der Waals surface area (Å²) >= 11 is 0. The molecule has 140 valence electrons. The summed E-state index contributed by atoms with van der Waals surface area (Å²) in [6, 6.07) is 11.6. The molecule has 3 heterocycles. The zero-order chi connectivity index (χ0) is 17.9. The lowest BCUT2D eigenvalue weighted by Crippen LogP contribution is -2.45. The number of aromatic amines is 1. The molecule has 1 aromatic heterocycles. The monoisotopic (exact) mass is 355 g/mol. The predicted molar refractivity (Wildman–Crippen MR) is 101 cm³/mol. The number of ether oxygens (including phenoxy) is 1. The highest BCUT2D eigenvalue weighted by molar-refractivity contribution is 5.14. The quantitative estimate of drug-likeness (QED) is 0.893. The first-order chi connectivity index (χ1) is 12.7. The number of likely N-dealkylation sites (tertiary alicyclic amines) is 2. The van der Waals surface area contributed by atoms with Crippen LogP contribution >= 0.6 is 0 Å². The number of hydrogen-bond acceptors (Lipinski definition) is 5. The normalized spacial score (nSPS) is 25.8. The molecule has 2 aliphatic rings. The van der Waals surface area contributed by atoms with Gasteiger partial charge in [0, 0.05) is 26.2 Å². The molecule has 0 radical (unpaired) electrons. The fourth-order valence-electron chi connectivity index (χ4n) is 4.41. The maximum Gasteiger partial charge on any atom is 0.167 e. The molecule has 0 spiro atoms. The van der Waals surface area contributed by atoms with Crippen LogP contribution in [-0.4, -0.2) is 63.9 Å². The van der Waals surface area contributed by atoms with Gasteiger partial charge in [0.15, 0.2) is 5.82 Å². The van der Waals surface area contributed by atoms with Gasteiger partial charge in [-0.25, -0.2) is 4.98 Å². The van der Waals surface area contributed by atoms with Crippen LogP contribution in [0.1, 0.15) is 42.5 Å². The van der Waals surface area contributed by atoms with Gasteiger partial charge in [-0.1, -0.05) is 30.3 Å². The van der Waals surface area contributed by atoms with E-state index in [4.69, 9.17) is 4.74 Å². The first-order valence-electron chi connectivity index (χ1n) is 9.66. The van der Waals surface area contributed by atoms with Crippen molar-refractivity contribution in [2.75, 3.05) is 26.7 Å². The first kappa shape index (κ1) is 17.6. The Morgan fingerprint density at radius 1 is 1.19 bits per heavy atom. The Morgan fingerprint density at radius 3 is 2.62 bits per heavy atom. The average Bonchev–Trinajstić information content (AvgIpc) is 3.29. The fourth-order valence-corrected chi connectivity index (χ4v) is 4.41. The second-order valence-corrected chi connectivity index (χ2v) is 7.58. The Hall–Kier alpha value is -1.76. The highest BCUT2D eigenvalue weighted by atomic mass is 16.5. The summed E-state index contributed by atoms with van der Waals surface area (Å²) in [6.45, 7) is 6.29. The number of benzene rings is 1. The summed E-state index contributed by atoms with van der Waals surface area (Å²) in [5, 5.41) is 7.44. The molecule has 1 aromatic carbocycles. The van der Waals surface area contributed by atoms with E-state index >= 15 is 0 Å². The van der Waals surface area contributed by atoms with Crippen LogP contribution in [0.5, 0.6) is 0 Å². The van der Waals surface area contributed by atoms with Crippen molar-refractivity contribution in [3.63, 3.8) is 0 Å². The summed E-state index contributed by atoms with van der Waals surface area (Å²) in [5.74, 6) is 1.81. The molecule has 2 fully saturated rings. The number of H-pyrrole nitrogens is 1. The van der Waals surface area contributed by atoms with E-state index in [0.717, 1.165) is 44.2 Å². The van der Waals surface area contributed by atoms with Gasteiger partial charge < -0.3 is 4.74 Å². The number of nitrogens with one attached hydrogen (secondary N) is 1. The van der Waals surface area contributed by atoms with Crippen molar-refractivity contribution in [2.24, 2.45) is 0 Å². The summed E-state index contributed by atoms with van der Waals surface area (Å²) in [7, 11) is 1.82. The van der Waals surface area contributed by atoms with E-state index in [-0.39, 0.29) is 12.1 Å². The molecule has 1 N–H and O–H groups in total. The number of aryl methyl sites for hydroxylation is 1. The van der Waals surface area contributed by atoms with Gasteiger partial charge in [-0.05, 0) is 44.8 Å². The third-order valence-corrected chi connectivity index (χ3v) is 5.82. The SMILES string of the molecule is CO[C@H]1C[C@@H](c2n[nH]c(C)n2)N(C2CCN(Cc3ccccc3)CC2)C1. The summed E-state index contributed by atoms with van der Waals surface area (Å²) in [6.07, 6.45) is 3.66. The Bertz CT molecular complexity index is 695. The summed E-state index contributed by atoms with van der Waals surface area (Å²) < 4.78 is 5.67. The van der Waals surface area contributed by atoms with Crippen molar-refractivity contribution in [1.29, 1.82) is 0 Å². The first-order valence-corrected chi connectivity index (χ1v) is 9.66. The molecule has 0 aliphatic carbocycles. The molecule has 0 unspecified atom stereocenters. The standard InChI is InChI=1S/C20H29N5O/c1-15-21-20(23-22-15)19-12-18(26-2)14-25(19)17-8-10-24(11-9-17)13-16-6-4-3-5-7-16/h3-7,17-19H,8-14H2,1-2H3,(H,21,22,23)/t18-,19-/m0/s1. The van der Waals surface area contributed by atoms with Crippen molar-refractivity contribution in [3.05, 3.63) is 47.5 Å². The molecule has 0 amide bonds. The molecule has 2 atom stereocenters. The fraction of sp³-hybridized carbons (Fsp3) is 0.600. The van der Waals surface area contributed by atoms with Gasteiger partial charge >= 0.3 is 0 Å². The minimum Gasteiger partial charge on any atom is -0.380 e. The molecule has 2 aromatic rings. The smallest absolute Gasteiger partial charge is 0.167 e. The van der Waals surface area contributed by atoms with E-state index in [1.54, 1.807) is 0 Å². The van der Waals surface area contributed by atoms with Gasteiger partial charge in [0.1, 0.15) is 5.82 Å². The molecular formula is C20H29N5O. The molecule has 0 bridgehead atoms. The zero-order valence-electron chi connectivity index (χ0n) is 15.8. The van der Waals surface area contributed by atoms with Crippen LogP contribution in [0.25, 0.3) is 0 Å². The van der Waals surface area contributed by atoms with E-state index in [1.807, 2.05) is 14.0 Å². The maximum absolute atomic E-state index is 5.67. The van der Waals surface area contributed by atoms with Crippen LogP contribution in [-0.2, 0) is 11.3 Å². The van der Waals surface area contributed by atoms with E-state index in [0.29, 0.717) is 6.04 Å². The van der Waals surface area contributed by atoms with Crippen molar-refractivity contribution < 1.29 is 4.74 Å². The van der Waals surface area contributed by atoms with Crippen LogP contribution in [0.3, 0.4) is 0 Å². The van der Waals surface area contributed by atoms with Gasteiger partial charge in [0.2, 0.25) is 0 Å². The lowest BCUT2D eigenvalue weighted by molar-refractivity contribution is 0.0727. The van der Waals surface area contributed by atoms with Gasteiger partial charge in [-0.15, -0.1) is 0 Å². The number of rotatable bonds is 5. The van der Waals surface area contributed by atoms with Gasteiger partial charge in [-0.2, -0.15) is 5.10 Å². The van der Waals surface area contributed by atoms with Crippen LogP contribution < -0.4 is 0 Å². The third kappa shape index (κ3) is 3.82. The molecule has 6 nitrogen and oxygen atoms in total. The molecule has 0 saturated carbocycles. The third-order valence-electron chi connectivity index (χ3n) is 5.82. The second-order valence-electron chi connectivity index (χ2n) is 7.58. The predicted octanol–water partition coefficient (Wildman–Crippen LogP) is 2.54. The molecule has 6 heteroatoms. The average molecular weight is 355 g/mol. The Kier molecular flexibility index (Phi) is 5.33. The largest absolute Gasteiger partial charge is 0.380 e.